The summed E-state index contributed by atoms with van der Waals surface area (Å²) in [5, 5.41) is 3.80. The minimum absolute atomic E-state index is 0.0210. The normalized spacial score (nSPS) is 12.0. The molecule has 1 amide bonds. The van der Waals surface area contributed by atoms with Crippen LogP contribution < -0.4 is 5.32 Å². The molecule has 3 aromatic rings. The number of carbonyl (C=O) groups excluding carboxylic acids is 1. The molecular weight excluding hydrogens is 409 g/mol. The Balaban J connectivity index is 1.60. The second kappa shape index (κ2) is 8.71. The third-order valence-electron chi connectivity index (χ3n) is 4.14. The fraction of sp³-hybridized carbons (Fsp3) is 0.200. The predicted molar refractivity (Wildman–Crippen MR) is 103 cm³/mol. The molecule has 0 radical (unpaired) electrons. The van der Waals surface area contributed by atoms with Crippen molar-refractivity contribution < 1.29 is 18.0 Å². The average Bonchev–Trinajstić information content (AvgIpc) is 3.08. The van der Waals surface area contributed by atoms with Gasteiger partial charge in [-0.15, -0.1) is 0 Å². The van der Waals surface area contributed by atoms with Gasteiger partial charge in [0, 0.05) is 22.9 Å². The Morgan fingerprint density at radius 3 is 2.61 bits per heavy atom. The lowest BCUT2D eigenvalue weighted by atomic mass is 10.1. The predicted octanol–water partition coefficient (Wildman–Crippen LogP) is 5.74. The van der Waals surface area contributed by atoms with Crippen LogP contribution >= 0.6 is 23.2 Å². The summed E-state index contributed by atoms with van der Waals surface area (Å²) in [6.07, 6.45) is 1.52. The van der Waals surface area contributed by atoms with Crippen molar-refractivity contribution in [3.8, 4) is 11.3 Å². The van der Waals surface area contributed by atoms with Gasteiger partial charge in [-0.05, 0) is 36.8 Å². The summed E-state index contributed by atoms with van der Waals surface area (Å²) in [4.78, 5) is 16.2. The van der Waals surface area contributed by atoms with Crippen LogP contribution in [-0.2, 0) is 11.2 Å². The Morgan fingerprint density at radius 2 is 1.93 bits per heavy atom. The van der Waals surface area contributed by atoms with Crippen molar-refractivity contribution >= 4 is 29.1 Å². The van der Waals surface area contributed by atoms with Gasteiger partial charge in [-0.2, -0.15) is 0 Å². The molecule has 1 unspecified atom stereocenters. The van der Waals surface area contributed by atoms with Gasteiger partial charge in [-0.1, -0.05) is 35.3 Å². The molecule has 0 saturated heterocycles. The quantitative estimate of drug-likeness (QED) is 0.548. The number of oxazole rings is 1. The highest BCUT2D eigenvalue weighted by molar-refractivity contribution is 6.35. The van der Waals surface area contributed by atoms with Gasteiger partial charge in [0.1, 0.15) is 11.6 Å². The average molecular weight is 425 g/mol. The van der Waals surface area contributed by atoms with Crippen molar-refractivity contribution in [2.75, 3.05) is 0 Å². The number of nitrogens with zero attached hydrogens (tertiary/aromatic N) is 1. The molecule has 28 heavy (non-hydrogen) atoms. The zero-order valence-corrected chi connectivity index (χ0v) is 16.3. The number of halogens is 4. The number of benzene rings is 2. The maximum Gasteiger partial charge on any atom is 0.220 e. The Kier molecular flexibility index (Phi) is 6.31. The molecule has 0 fully saturated rings. The third kappa shape index (κ3) is 4.69. The van der Waals surface area contributed by atoms with Crippen LogP contribution in [0.15, 0.2) is 47.0 Å². The summed E-state index contributed by atoms with van der Waals surface area (Å²) >= 11 is 12.0. The third-order valence-corrected chi connectivity index (χ3v) is 4.70. The molecule has 0 spiro atoms. The van der Waals surface area contributed by atoms with Crippen LogP contribution in [0, 0.1) is 11.6 Å². The van der Waals surface area contributed by atoms with E-state index in [4.69, 9.17) is 27.6 Å². The fourth-order valence-corrected chi connectivity index (χ4v) is 3.31. The minimum Gasteiger partial charge on any atom is -0.441 e. The van der Waals surface area contributed by atoms with E-state index in [1.165, 1.54) is 12.3 Å². The first-order valence-corrected chi connectivity index (χ1v) is 9.24. The highest BCUT2D eigenvalue weighted by atomic mass is 35.5. The van der Waals surface area contributed by atoms with E-state index < -0.39 is 11.6 Å². The van der Waals surface area contributed by atoms with E-state index in [9.17, 15) is 13.6 Å². The number of nitrogens with one attached hydrogen (secondary N) is 1. The zero-order valence-electron chi connectivity index (χ0n) is 14.8. The van der Waals surface area contributed by atoms with E-state index in [-0.39, 0.29) is 42.0 Å². The minimum atomic E-state index is -0.742. The summed E-state index contributed by atoms with van der Waals surface area (Å²) in [6, 6.07) is 8.28. The number of carbonyl (C=O) groups is 1. The van der Waals surface area contributed by atoms with Crippen molar-refractivity contribution in [2.24, 2.45) is 0 Å². The van der Waals surface area contributed by atoms with Crippen molar-refractivity contribution in [2.45, 2.75) is 25.8 Å². The molecule has 4 nitrogen and oxygen atoms in total. The van der Waals surface area contributed by atoms with Crippen LogP contribution in [0.3, 0.4) is 0 Å². The monoisotopic (exact) mass is 424 g/mol. The van der Waals surface area contributed by atoms with Crippen LogP contribution in [0.25, 0.3) is 11.3 Å². The number of aryl methyl sites for hydroxylation is 1. The summed E-state index contributed by atoms with van der Waals surface area (Å²) in [5.74, 6) is -1.53. The summed E-state index contributed by atoms with van der Waals surface area (Å²) in [7, 11) is 0. The van der Waals surface area contributed by atoms with Crippen LogP contribution in [0.4, 0.5) is 8.78 Å². The summed E-state index contributed by atoms with van der Waals surface area (Å²) < 4.78 is 33.0. The van der Waals surface area contributed by atoms with Crippen LogP contribution in [0.2, 0.25) is 10.0 Å². The number of amides is 1. The topological polar surface area (TPSA) is 55.1 Å². The maximum atomic E-state index is 13.8. The molecule has 1 N–H and O–H groups in total. The van der Waals surface area contributed by atoms with Gasteiger partial charge in [0.15, 0.2) is 11.7 Å². The van der Waals surface area contributed by atoms with Crippen molar-refractivity contribution in [1.82, 2.24) is 10.3 Å². The molecule has 1 aromatic heterocycles. The lowest BCUT2D eigenvalue weighted by Gasteiger charge is -2.15. The van der Waals surface area contributed by atoms with Gasteiger partial charge in [-0.25, -0.2) is 13.8 Å². The van der Waals surface area contributed by atoms with Gasteiger partial charge in [0.25, 0.3) is 0 Å². The highest BCUT2D eigenvalue weighted by Gasteiger charge is 2.17. The van der Waals surface area contributed by atoms with Crippen LogP contribution in [-0.4, -0.2) is 10.9 Å². The molecule has 0 aliphatic rings. The molecule has 2 aromatic carbocycles. The molecule has 0 aliphatic carbocycles. The molecular formula is C20H16Cl2F2N2O2. The molecule has 0 bridgehead atoms. The van der Waals surface area contributed by atoms with Crippen molar-refractivity contribution in [1.29, 1.82) is 0 Å². The first kappa shape index (κ1) is 20.3. The molecule has 1 atom stereocenters. The standard InChI is InChI=1S/C20H16Cl2F2N2O2/c1-11(13-6-5-12(21)9-14(13)22)26-18(27)7-8-19-25-10-17(28-19)20-15(23)3-2-4-16(20)24/h2-6,9-11H,7-8H2,1H3,(H,26,27). The summed E-state index contributed by atoms with van der Waals surface area (Å²) in [6.45, 7) is 1.80. The Hall–Kier alpha value is -2.44. The first-order chi connectivity index (χ1) is 13.3. The number of hydrogen-bond donors (Lipinski definition) is 1. The SMILES string of the molecule is CC(NC(=O)CCc1ncc(-c2c(F)cccc2F)o1)c1ccc(Cl)cc1Cl. The molecule has 1 heterocycles. The van der Waals surface area contributed by atoms with Gasteiger partial charge in [0.05, 0.1) is 17.8 Å². The van der Waals surface area contributed by atoms with E-state index in [2.05, 4.69) is 10.3 Å². The van der Waals surface area contributed by atoms with Gasteiger partial charge < -0.3 is 9.73 Å². The number of hydrogen-bond acceptors (Lipinski definition) is 3. The zero-order chi connectivity index (χ0) is 20.3. The largest absolute Gasteiger partial charge is 0.441 e. The second-order valence-electron chi connectivity index (χ2n) is 6.17. The lowest BCUT2D eigenvalue weighted by Crippen LogP contribution is -2.27. The second-order valence-corrected chi connectivity index (χ2v) is 7.01. The Bertz CT molecular complexity index is 987. The van der Waals surface area contributed by atoms with Crippen molar-refractivity contribution in [3.63, 3.8) is 0 Å². The maximum absolute atomic E-state index is 13.8. The number of aromatic nitrogens is 1. The molecule has 0 saturated carbocycles. The molecule has 0 aliphatic heterocycles. The Morgan fingerprint density at radius 1 is 1.21 bits per heavy atom. The van der Waals surface area contributed by atoms with Crippen LogP contribution in [0.5, 0.6) is 0 Å². The Labute approximate surface area is 170 Å². The van der Waals surface area contributed by atoms with E-state index in [0.717, 1.165) is 17.7 Å². The van der Waals surface area contributed by atoms with E-state index in [1.54, 1.807) is 25.1 Å². The van der Waals surface area contributed by atoms with Gasteiger partial charge >= 0.3 is 0 Å². The number of rotatable bonds is 6. The van der Waals surface area contributed by atoms with Crippen molar-refractivity contribution in [3.05, 3.63) is 75.7 Å². The highest BCUT2D eigenvalue weighted by Crippen LogP contribution is 2.28. The molecule has 146 valence electrons. The molecule has 3 rings (SSSR count). The van der Waals surface area contributed by atoms with E-state index >= 15 is 0 Å². The van der Waals surface area contributed by atoms with Gasteiger partial charge in [0.2, 0.25) is 5.91 Å². The van der Waals surface area contributed by atoms with Gasteiger partial charge in [-0.3, -0.25) is 4.79 Å². The molecule has 8 heteroatoms. The summed E-state index contributed by atoms with van der Waals surface area (Å²) in [5.41, 5.74) is 0.463. The van der Waals surface area contributed by atoms with E-state index in [1.807, 2.05) is 0 Å². The first-order valence-electron chi connectivity index (χ1n) is 8.48. The lowest BCUT2D eigenvalue weighted by molar-refractivity contribution is -0.121. The smallest absolute Gasteiger partial charge is 0.220 e. The van der Waals surface area contributed by atoms with E-state index in [0.29, 0.717) is 10.0 Å². The van der Waals surface area contributed by atoms with Crippen LogP contribution in [0.1, 0.15) is 30.8 Å². The fourth-order valence-electron chi connectivity index (χ4n) is 2.74.